The lowest BCUT2D eigenvalue weighted by molar-refractivity contribution is 0.790. The fourth-order valence-electron chi connectivity index (χ4n) is 1.76. The lowest BCUT2D eigenvalue weighted by atomic mass is 10.2. The summed E-state index contributed by atoms with van der Waals surface area (Å²) in [5, 5.41) is 9.80. The highest BCUT2D eigenvalue weighted by atomic mass is 35.5. The predicted octanol–water partition coefficient (Wildman–Crippen LogP) is 2.82. The fourth-order valence-corrected chi connectivity index (χ4v) is 2.91. The number of nitrogens with zero attached hydrogens (tertiary/aromatic N) is 3. The Hall–Kier alpha value is -1.20. The van der Waals surface area contributed by atoms with E-state index in [2.05, 4.69) is 10.2 Å². The molecular weight excluding hydrogens is 268 g/mol. The highest BCUT2D eigenvalue weighted by Gasteiger charge is 2.29. The van der Waals surface area contributed by atoms with Crippen molar-refractivity contribution in [3.05, 3.63) is 40.7 Å². The van der Waals surface area contributed by atoms with Gasteiger partial charge in [0.2, 0.25) is 5.16 Å². The normalized spacial score (nSPS) is 14.9. The average molecular weight is 281 g/mol. The first-order chi connectivity index (χ1) is 8.75. The number of thioether (sulfide) groups is 1. The van der Waals surface area contributed by atoms with Crippen LogP contribution in [-0.4, -0.2) is 14.9 Å². The molecule has 94 valence electrons. The monoisotopic (exact) mass is 280 g/mol. The fraction of sp³-hybridized carbons (Fsp3) is 0.333. The molecule has 2 aromatic rings. The van der Waals surface area contributed by atoms with Gasteiger partial charge in [-0.1, -0.05) is 41.6 Å². The molecule has 1 aromatic carbocycles. The molecule has 1 aliphatic carbocycles. The third-order valence-corrected chi connectivity index (χ3v) is 4.31. The van der Waals surface area contributed by atoms with E-state index in [4.69, 9.17) is 17.4 Å². The van der Waals surface area contributed by atoms with E-state index in [1.54, 1.807) is 16.4 Å². The van der Waals surface area contributed by atoms with E-state index in [9.17, 15) is 0 Å². The Labute approximate surface area is 115 Å². The smallest absolute Gasteiger partial charge is 0.210 e. The Morgan fingerprint density at radius 2 is 2.11 bits per heavy atom. The van der Waals surface area contributed by atoms with Gasteiger partial charge in [-0.2, -0.15) is 0 Å². The maximum absolute atomic E-state index is 6.11. The van der Waals surface area contributed by atoms with Crippen molar-refractivity contribution in [2.75, 3.05) is 5.84 Å². The van der Waals surface area contributed by atoms with Gasteiger partial charge in [0.15, 0.2) is 5.82 Å². The molecule has 4 nitrogen and oxygen atoms in total. The van der Waals surface area contributed by atoms with Crippen molar-refractivity contribution >= 4 is 23.4 Å². The zero-order valence-corrected chi connectivity index (χ0v) is 11.3. The van der Waals surface area contributed by atoms with Gasteiger partial charge in [-0.15, -0.1) is 10.2 Å². The van der Waals surface area contributed by atoms with Gasteiger partial charge in [0.1, 0.15) is 0 Å². The summed E-state index contributed by atoms with van der Waals surface area (Å²) in [6, 6.07) is 7.80. The number of benzene rings is 1. The Morgan fingerprint density at radius 1 is 1.33 bits per heavy atom. The molecule has 0 aliphatic heterocycles. The molecule has 0 unspecified atom stereocenters. The Kier molecular flexibility index (Phi) is 3.18. The average Bonchev–Trinajstić information content (AvgIpc) is 3.14. The molecule has 1 fully saturated rings. The van der Waals surface area contributed by atoms with E-state index in [-0.39, 0.29) is 0 Å². The van der Waals surface area contributed by atoms with E-state index in [1.807, 2.05) is 24.3 Å². The summed E-state index contributed by atoms with van der Waals surface area (Å²) in [5.74, 6) is 8.14. The second-order valence-electron chi connectivity index (χ2n) is 4.37. The lowest BCUT2D eigenvalue weighted by Crippen LogP contribution is -2.13. The zero-order chi connectivity index (χ0) is 12.5. The Bertz CT molecular complexity index is 565. The van der Waals surface area contributed by atoms with Crippen LogP contribution in [0.1, 0.15) is 30.1 Å². The number of hydrogen-bond donors (Lipinski definition) is 1. The van der Waals surface area contributed by atoms with E-state index < -0.39 is 0 Å². The second-order valence-corrected chi connectivity index (χ2v) is 5.71. The minimum absolute atomic E-state index is 0.511. The van der Waals surface area contributed by atoms with Crippen LogP contribution in [0.25, 0.3) is 0 Å². The van der Waals surface area contributed by atoms with Gasteiger partial charge in [-0.3, -0.25) is 0 Å². The number of hydrogen-bond acceptors (Lipinski definition) is 4. The van der Waals surface area contributed by atoms with Crippen molar-refractivity contribution in [1.29, 1.82) is 0 Å². The van der Waals surface area contributed by atoms with Crippen LogP contribution in [0.4, 0.5) is 0 Å². The van der Waals surface area contributed by atoms with E-state index in [0.717, 1.165) is 27.3 Å². The highest BCUT2D eigenvalue weighted by molar-refractivity contribution is 7.98. The van der Waals surface area contributed by atoms with E-state index in [0.29, 0.717) is 5.92 Å². The Morgan fingerprint density at radius 3 is 2.83 bits per heavy atom. The molecule has 6 heteroatoms. The summed E-state index contributed by atoms with van der Waals surface area (Å²) in [5.41, 5.74) is 1.08. The van der Waals surface area contributed by atoms with Crippen LogP contribution in [0.15, 0.2) is 29.4 Å². The molecule has 0 amide bonds. The van der Waals surface area contributed by atoms with Crippen LogP contribution < -0.4 is 5.84 Å². The van der Waals surface area contributed by atoms with Gasteiger partial charge in [0.05, 0.1) is 0 Å². The molecule has 3 rings (SSSR count). The minimum Gasteiger partial charge on any atom is -0.336 e. The summed E-state index contributed by atoms with van der Waals surface area (Å²) in [6.07, 6.45) is 2.34. The molecule has 0 bridgehead atoms. The molecule has 1 saturated carbocycles. The van der Waals surface area contributed by atoms with Crippen molar-refractivity contribution in [3.8, 4) is 0 Å². The Balaban J connectivity index is 1.72. The standard InChI is InChI=1S/C12H13ClN4S/c13-10-4-2-1-3-9(10)7-18-12-16-15-11(17(12)14)8-5-6-8/h1-4,8H,5-7,14H2. The molecule has 0 saturated heterocycles. The first-order valence-electron chi connectivity index (χ1n) is 5.82. The van der Waals surface area contributed by atoms with Crippen molar-refractivity contribution in [2.45, 2.75) is 29.7 Å². The van der Waals surface area contributed by atoms with Crippen LogP contribution >= 0.6 is 23.4 Å². The number of rotatable bonds is 4. The molecule has 1 aliphatic rings. The van der Waals surface area contributed by atoms with Gasteiger partial charge in [0, 0.05) is 16.7 Å². The predicted molar refractivity (Wildman–Crippen MR) is 73.2 cm³/mol. The number of aromatic nitrogens is 3. The highest BCUT2D eigenvalue weighted by Crippen LogP contribution is 2.39. The lowest BCUT2D eigenvalue weighted by Gasteiger charge is -2.04. The van der Waals surface area contributed by atoms with Gasteiger partial charge < -0.3 is 5.84 Å². The van der Waals surface area contributed by atoms with Gasteiger partial charge in [0.25, 0.3) is 0 Å². The van der Waals surface area contributed by atoms with Crippen LogP contribution in [0.3, 0.4) is 0 Å². The quantitative estimate of drug-likeness (QED) is 0.691. The SMILES string of the molecule is Nn1c(SCc2ccccc2Cl)nnc1C1CC1. The zero-order valence-electron chi connectivity index (χ0n) is 9.71. The second kappa shape index (κ2) is 4.82. The summed E-state index contributed by atoms with van der Waals surface area (Å²) in [4.78, 5) is 0. The van der Waals surface area contributed by atoms with Crippen LogP contribution in [-0.2, 0) is 5.75 Å². The summed E-state index contributed by atoms with van der Waals surface area (Å²) in [6.45, 7) is 0. The topological polar surface area (TPSA) is 56.7 Å². The third-order valence-electron chi connectivity index (χ3n) is 2.95. The number of halogens is 1. The molecule has 0 spiro atoms. The summed E-state index contributed by atoms with van der Waals surface area (Å²) in [7, 11) is 0. The first-order valence-corrected chi connectivity index (χ1v) is 7.18. The van der Waals surface area contributed by atoms with E-state index in [1.165, 1.54) is 12.8 Å². The molecule has 2 N–H and O–H groups in total. The van der Waals surface area contributed by atoms with Crippen LogP contribution in [0, 0.1) is 0 Å². The first kappa shape index (κ1) is 11.9. The van der Waals surface area contributed by atoms with Gasteiger partial charge in [-0.05, 0) is 24.5 Å². The van der Waals surface area contributed by atoms with Crippen molar-refractivity contribution in [3.63, 3.8) is 0 Å². The van der Waals surface area contributed by atoms with E-state index >= 15 is 0 Å². The molecular formula is C12H13ClN4S. The van der Waals surface area contributed by atoms with Gasteiger partial charge >= 0.3 is 0 Å². The molecule has 1 heterocycles. The molecule has 0 radical (unpaired) electrons. The van der Waals surface area contributed by atoms with Crippen LogP contribution in [0.2, 0.25) is 5.02 Å². The molecule has 0 atom stereocenters. The van der Waals surface area contributed by atoms with Crippen molar-refractivity contribution in [2.24, 2.45) is 0 Å². The van der Waals surface area contributed by atoms with Crippen LogP contribution in [0.5, 0.6) is 0 Å². The van der Waals surface area contributed by atoms with Crippen molar-refractivity contribution < 1.29 is 0 Å². The number of nitrogens with two attached hydrogens (primary N) is 1. The van der Waals surface area contributed by atoms with Gasteiger partial charge in [-0.25, -0.2) is 4.68 Å². The molecule has 18 heavy (non-hydrogen) atoms. The summed E-state index contributed by atoms with van der Waals surface area (Å²) < 4.78 is 1.61. The van der Waals surface area contributed by atoms with Crippen molar-refractivity contribution in [1.82, 2.24) is 14.9 Å². The molecule has 1 aromatic heterocycles. The number of nitrogen functional groups attached to an aromatic ring is 1. The minimum atomic E-state index is 0.511. The maximum Gasteiger partial charge on any atom is 0.210 e. The summed E-state index contributed by atoms with van der Waals surface area (Å²) >= 11 is 7.67. The third kappa shape index (κ3) is 2.33. The maximum atomic E-state index is 6.11. The largest absolute Gasteiger partial charge is 0.336 e.